The number of aryl methyl sites for hydroxylation is 3. The molecule has 5 rings (SSSR count). The predicted molar refractivity (Wildman–Crippen MR) is 130 cm³/mol. The Bertz CT molecular complexity index is 1340. The number of carbonyl (C=O) groups is 1. The second-order valence-electron chi connectivity index (χ2n) is 8.99. The fraction of sp³-hybridized carbons (Fsp3) is 0.417. The first-order chi connectivity index (χ1) is 15.9. The highest BCUT2D eigenvalue weighted by atomic mass is 16.1. The molecule has 1 unspecified atom stereocenters. The number of nitrogens with zero attached hydrogens (tertiary/aromatic N) is 6. The molecule has 1 aliphatic rings. The number of piperidine rings is 1. The van der Waals surface area contributed by atoms with Gasteiger partial charge in [0.15, 0.2) is 11.5 Å². The van der Waals surface area contributed by atoms with Crippen LogP contribution in [0.4, 0.5) is 11.5 Å². The zero-order valence-corrected chi connectivity index (χ0v) is 19.6. The SMILES string of the molecule is CNCC1CCCN(c2ccc(C(=O)Nc3cn4cc(C)nc(C)c4n3)c3nn(C)cc23)C1. The lowest BCUT2D eigenvalue weighted by Gasteiger charge is -2.34. The van der Waals surface area contributed by atoms with E-state index in [2.05, 4.69) is 36.7 Å². The fourth-order valence-electron chi connectivity index (χ4n) is 4.95. The van der Waals surface area contributed by atoms with E-state index in [1.807, 2.05) is 57.0 Å². The first-order valence-electron chi connectivity index (χ1n) is 11.4. The highest BCUT2D eigenvalue weighted by Crippen LogP contribution is 2.32. The number of anilines is 2. The summed E-state index contributed by atoms with van der Waals surface area (Å²) < 4.78 is 3.67. The molecule has 4 heterocycles. The van der Waals surface area contributed by atoms with Gasteiger partial charge in [-0.05, 0) is 58.3 Å². The average molecular weight is 447 g/mol. The number of hydrogen-bond donors (Lipinski definition) is 2. The normalized spacial score (nSPS) is 16.6. The maximum atomic E-state index is 13.2. The predicted octanol–water partition coefficient (Wildman–Crippen LogP) is 2.92. The van der Waals surface area contributed by atoms with E-state index in [4.69, 9.17) is 0 Å². The minimum atomic E-state index is -0.220. The van der Waals surface area contributed by atoms with E-state index in [0.29, 0.717) is 22.8 Å². The highest BCUT2D eigenvalue weighted by molar-refractivity contribution is 6.13. The number of imidazole rings is 1. The summed E-state index contributed by atoms with van der Waals surface area (Å²) in [6.45, 7) is 6.89. The largest absolute Gasteiger partial charge is 0.371 e. The molecule has 2 N–H and O–H groups in total. The van der Waals surface area contributed by atoms with Gasteiger partial charge in [-0.3, -0.25) is 14.5 Å². The minimum Gasteiger partial charge on any atom is -0.371 e. The summed E-state index contributed by atoms with van der Waals surface area (Å²) in [6, 6.07) is 3.94. The van der Waals surface area contributed by atoms with Crippen LogP contribution >= 0.6 is 0 Å². The third kappa shape index (κ3) is 4.04. The second kappa shape index (κ2) is 8.47. The van der Waals surface area contributed by atoms with E-state index in [-0.39, 0.29) is 5.91 Å². The Balaban J connectivity index is 1.46. The van der Waals surface area contributed by atoms with Gasteiger partial charge in [-0.15, -0.1) is 0 Å². The summed E-state index contributed by atoms with van der Waals surface area (Å²) in [5.74, 6) is 0.896. The molecule has 1 fully saturated rings. The van der Waals surface area contributed by atoms with E-state index in [9.17, 15) is 4.79 Å². The number of fused-ring (bicyclic) bond motifs is 2. The Morgan fingerprint density at radius 2 is 2.03 bits per heavy atom. The Hall–Kier alpha value is -3.46. The van der Waals surface area contributed by atoms with Gasteiger partial charge in [0.05, 0.1) is 23.1 Å². The Kier molecular flexibility index (Phi) is 5.49. The fourth-order valence-corrected chi connectivity index (χ4v) is 4.95. The first kappa shape index (κ1) is 21.4. The highest BCUT2D eigenvalue weighted by Gasteiger charge is 2.24. The molecule has 0 aliphatic carbocycles. The van der Waals surface area contributed by atoms with Crippen molar-refractivity contribution in [2.75, 3.05) is 36.9 Å². The topological polar surface area (TPSA) is 92.4 Å². The number of carbonyl (C=O) groups excluding carboxylic acids is 1. The molecular formula is C24H30N8O. The van der Waals surface area contributed by atoms with Gasteiger partial charge in [-0.1, -0.05) is 0 Å². The molecule has 1 amide bonds. The lowest BCUT2D eigenvalue weighted by atomic mass is 9.96. The summed E-state index contributed by atoms with van der Waals surface area (Å²) in [5, 5.41) is 11.9. The van der Waals surface area contributed by atoms with Gasteiger partial charge in [-0.2, -0.15) is 5.10 Å². The third-order valence-corrected chi connectivity index (χ3v) is 6.33. The number of aromatic nitrogens is 5. The number of amides is 1. The van der Waals surface area contributed by atoms with Gasteiger partial charge in [-0.25, -0.2) is 4.98 Å². The zero-order valence-electron chi connectivity index (χ0n) is 19.6. The molecule has 1 aromatic carbocycles. The molecule has 0 bridgehead atoms. The molecule has 4 aromatic rings. The van der Waals surface area contributed by atoms with Crippen molar-refractivity contribution in [2.45, 2.75) is 26.7 Å². The maximum Gasteiger partial charge on any atom is 0.259 e. The van der Waals surface area contributed by atoms with Crippen LogP contribution in [0.1, 0.15) is 34.6 Å². The van der Waals surface area contributed by atoms with Gasteiger partial charge in [0.1, 0.15) is 5.52 Å². The van der Waals surface area contributed by atoms with E-state index >= 15 is 0 Å². The van der Waals surface area contributed by atoms with Crippen molar-refractivity contribution in [2.24, 2.45) is 13.0 Å². The summed E-state index contributed by atoms with van der Waals surface area (Å²) in [4.78, 5) is 24.7. The number of nitrogens with one attached hydrogen (secondary N) is 2. The molecule has 0 radical (unpaired) electrons. The van der Waals surface area contributed by atoms with E-state index in [0.717, 1.165) is 54.2 Å². The third-order valence-electron chi connectivity index (χ3n) is 6.33. The number of rotatable bonds is 5. The molecule has 9 nitrogen and oxygen atoms in total. The van der Waals surface area contributed by atoms with Crippen molar-refractivity contribution in [3.63, 3.8) is 0 Å². The molecule has 9 heteroatoms. The van der Waals surface area contributed by atoms with Crippen LogP contribution in [0.25, 0.3) is 16.6 Å². The molecule has 3 aromatic heterocycles. The van der Waals surface area contributed by atoms with Crippen LogP contribution in [0.15, 0.2) is 30.7 Å². The van der Waals surface area contributed by atoms with Gasteiger partial charge < -0.3 is 19.9 Å². The summed E-state index contributed by atoms with van der Waals surface area (Å²) in [7, 11) is 3.90. The van der Waals surface area contributed by atoms with E-state index in [1.165, 1.54) is 6.42 Å². The van der Waals surface area contributed by atoms with Crippen LogP contribution in [0, 0.1) is 19.8 Å². The van der Waals surface area contributed by atoms with Gasteiger partial charge in [0.25, 0.3) is 5.91 Å². The maximum absolute atomic E-state index is 13.2. The van der Waals surface area contributed by atoms with Crippen LogP contribution in [0.2, 0.25) is 0 Å². The lowest BCUT2D eigenvalue weighted by molar-refractivity contribution is 0.102. The summed E-state index contributed by atoms with van der Waals surface area (Å²) in [5.41, 5.74) is 4.85. The molecule has 1 atom stereocenters. The van der Waals surface area contributed by atoms with Crippen LogP contribution in [0.5, 0.6) is 0 Å². The lowest BCUT2D eigenvalue weighted by Crippen LogP contribution is -2.39. The molecule has 0 saturated carbocycles. The van der Waals surface area contributed by atoms with Gasteiger partial charge >= 0.3 is 0 Å². The smallest absolute Gasteiger partial charge is 0.259 e. The van der Waals surface area contributed by atoms with E-state index < -0.39 is 0 Å². The molecular weight excluding hydrogens is 416 g/mol. The van der Waals surface area contributed by atoms with Crippen molar-refractivity contribution in [1.82, 2.24) is 29.5 Å². The number of benzene rings is 1. The van der Waals surface area contributed by atoms with Crippen molar-refractivity contribution in [3.05, 3.63) is 47.7 Å². The molecule has 0 spiro atoms. The molecule has 1 saturated heterocycles. The number of hydrogen-bond acceptors (Lipinski definition) is 6. The summed E-state index contributed by atoms with van der Waals surface area (Å²) in [6.07, 6.45) is 8.12. The Labute approximate surface area is 192 Å². The monoisotopic (exact) mass is 446 g/mol. The van der Waals surface area contributed by atoms with Gasteiger partial charge in [0, 0.05) is 43.6 Å². The van der Waals surface area contributed by atoms with E-state index in [1.54, 1.807) is 4.68 Å². The van der Waals surface area contributed by atoms with Crippen LogP contribution in [-0.2, 0) is 7.05 Å². The summed E-state index contributed by atoms with van der Waals surface area (Å²) >= 11 is 0. The van der Waals surface area contributed by atoms with Crippen LogP contribution < -0.4 is 15.5 Å². The van der Waals surface area contributed by atoms with Crippen molar-refractivity contribution in [1.29, 1.82) is 0 Å². The Morgan fingerprint density at radius 1 is 1.18 bits per heavy atom. The average Bonchev–Trinajstić information content (AvgIpc) is 3.36. The van der Waals surface area contributed by atoms with Crippen molar-refractivity contribution < 1.29 is 4.79 Å². The molecule has 1 aliphatic heterocycles. The molecule has 172 valence electrons. The van der Waals surface area contributed by atoms with Crippen LogP contribution in [0.3, 0.4) is 0 Å². The standard InChI is InChI=1S/C24H30N8O/c1-15-11-32-14-21(27-23(32)16(2)26-15)28-24(33)18-7-8-20(19-13-30(4)29-22(18)19)31-9-5-6-17(12-31)10-25-3/h7-8,11,13-14,17,25H,5-6,9-10,12H2,1-4H3,(H,28,33). The van der Waals surface area contributed by atoms with Gasteiger partial charge in [0.2, 0.25) is 0 Å². The van der Waals surface area contributed by atoms with Crippen molar-refractivity contribution >= 4 is 34.0 Å². The Morgan fingerprint density at radius 3 is 2.85 bits per heavy atom. The van der Waals surface area contributed by atoms with Crippen LogP contribution in [-0.4, -0.2) is 56.7 Å². The second-order valence-corrected chi connectivity index (χ2v) is 8.99. The first-order valence-corrected chi connectivity index (χ1v) is 11.4. The quantitative estimate of drug-likeness (QED) is 0.490. The molecule has 33 heavy (non-hydrogen) atoms. The van der Waals surface area contributed by atoms with Crippen molar-refractivity contribution in [3.8, 4) is 0 Å². The zero-order chi connectivity index (χ0) is 23.1. The minimum absolute atomic E-state index is 0.220.